The molecule has 0 saturated heterocycles. The maximum absolute atomic E-state index is 3.31. The number of hydrogen-bond acceptors (Lipinski definition) is 0. The third-order valence-corrected chi connectivity index (χ3v) is 8.31. The molecule has 2 unspecified atom stereocenters. The summed E-state index contributed by atoms with van der Waals surface area (Å²) in [5.41, 5.74) is 0. The van der Waals surface area contributed by atoms with Crippen molar-refractivity contribution in [2.24, 2.45) is 0 Å². The summed E-state index contributed by atoms with van der Waals surface area (Å²) in [6, 6.07) is 0. The van der Waals surface area contributed by atoms with E-state index in [0.29, 0.717) is 13.1 Å². The molecule has 0 aliphatic carbocycles. The minimum atomic E-state index is 0.266. The molecule has 0 spiro atoms. The monoisotopic (exact) mass is 392 g/mol. The highest BCUT2D eigenvalue weighted by molar-refractivity contribution is 7.56. The van der Waals surface area contributed by atoms with Crippen LogP contribution in [0.3, 0.4) is 0 Å². The Kier molecular flexibility index (Phi) is 17.3. The Labute approximate surface area is 159 Å². The first-order chi connectivity index (χ1) is 11.4. The van der Waals surface area contributed by atoms with Crippen molar-refractivity contribution >= 4 is 25.1 Å². The molecule has 0 radical (unpaired) electrons. The average Bonchev–Trinajstić information content (AvgIpc) is 2.51. The highest BCUT2D eigenvalue weighted by atomic mass is 31.1. The van der Waals surface area contributed by atoms with E-state index in [9.17, 15) is 0 Å². The molecule has 0 fully saturated rings. The molecule has 0 heterocycles. The standard InChI is InChI=1S/C21H47P3/c1-6-7-8-9-10-11-12-13-14-16-21(22,18-20-24(4)5)17-15-19-23(2)3/h6-20,22H2,1-5H3. The molecule has 24 heavy (non-hydrogen) atoms. The van der Waals surface area contributed by atoms with Crippen molar-refractivity contribution < 1.29 is 0 Å². The molecule has 0 bridgehead atoms. The summed E-state index contributed by atoms with van der Waals surface area (Å²) < 4.78 is 0. The van der Waals surface area contributed by atoms with E-state index in [1.807, 2.05) is 0 Å². The van der Waals surface area contributed by atoms with Gasteiger partial charge in [-0.15, -0.1) is 25.1 Å². The Balaban J connectivity index is 3.90. The molecule has 0 aliphatic heterocycles. The summed E-state index contributed by atoms with van der Waals surface area (Å²) in [5.74, 6) is 0. The summed E-state index contributed by atoms with van der Waals surface area (Å²) in [6.07, 6.45) is 21.8. The minimum absolute atomic E-state index is 0.266. The third kappa shape index (κ3) is 16.7. The summed E-state index contributed by atoms with van der Waals surface area (Å²) in [5, 5.41) is 0.555. The molecule has 3 heteroatoms. The Bertz CT molecular complexity index is 266. The Morgan fingerprint density at radius 1 is 0.583 bits per heavy atom. The minimum Gasteiger partial charge on any atom is -0.131 e. The molecular weight excluding hydrogens is 345 g/mol. The topological polar surface area (TPSA) is 0 Å². The van der Waals surface area contributed by atoms with Gasteiger partial charge in [0.25, 0.3) is 0 Å². The molecule has 0 nitrogen and oxygen atoms in total. The molecule has 0 aromatic rings. The van der Waals surface area contributed by atoms with Gasteiger partial charge < -0.3 is 0 Å². The second kappa shape index (κ2) is 16.5. The fraction of sp³-hybridized carbons (Fsp3) is 1.00. The van der Waals surface area contributed by atoms with Gasteiger partial charge in [-0.05, 0) is 69.8 Å². The van der Waals surface area contributed by atoms with Gasteiger partial charge in [0.1, 0.15) is 0 Å². The van der Waals surface area contributed by atoms with Gasteiger partial charge in [0.15, 0.2) is 0 Å². The largest absolute Gasteiger partial charge is 0.131 e. The molecule has 0 aromatic carbocycles. The molecule has 0 rings (SSSR count). The highest BCUT2D eigenvalue weighted by Crippen LogP contribution is 2.40. The average molecular weight is 393 g/mol. The molecule has 2 atom stereocenters. The highest BCUT2D eigenvalue weighted by Gasteiger charge is 2.23. The third-order valence-electron chi connectivity index (χ3n) is 5.12. The lowest BCUT2D eigenvalue weighted by Gasteiger charge is -2.31. The Morgan fingerprint density at radius 2 is 1.04 bits per heavy atom. The van der Waals surface area contributed by atoms with Gasteiger partial charge in [-0.3, -0.25) is 0 Å². The predicted molar refractivity (Wildman–Crippen MR) is 125 cm³/mol. The van der Waals surface area contributed by atoms with Crippen LogP contribution in [0.2, 0.25) is 0 Å². The molecular formula is C21H47P3. The summed E-state index contributed by atoms with van der Waals surface area (Å²) in [7, 11) is 3.87. The van der Waals surface area contributed by atoms with Crippen molar-refractivity contribution in [2.45, 2.75) is 95.6 Å². The second-order valence-electron chi connectivity index (χ2n) is 8.40. The van der Waals surface area contributed by atoms with E-state index in [4.69, 9.17) is 0 Å². The van der Waals surface area contributed by atoms with E-state index in [1.54, 1.807) is 0 Å². The maximum Gasteiger partial charge on any atom is -0.0147 e. The van der Waals surface area contributed by atoms with E-state index in [2.05, 4.69) is 42.8 Å². The van der Waals surface area contributed by atoms with Crippen molar-refractivity contribution in [2.75, 3.05) is 39.0 Å². The number of hydrogen-bond donors (Lipinski definition) is 0. The van der Waals surface area contributed by atoms with Crippen LogP contribution in [0.5, 0.6) is 0 Å². The second-order valence-corrected chi connectivity index (χ2v) is 14.8. The quantitative estimate of drug-likeness (QED) is 0.173. The number of rotatable bonds is 17. The smallest absolute Gasteiger partial charge is 0.0147 e. The first kappa shape index (κ1) is 25.3. The van der Waals surface area contributed by atoms with E-state index < -0.39 is 0 Å². The summed E-state index contributed by atoms with van der Waals surface area (Å²) >= 11 is 0. The van der Waals surface area contributed by atoms with Gasteiger partial charge in [-0.2, -0.15) is 0 Å². The van der Waals surface area contributed by atoms with Crippen LogP contribution >= 0.6 is 25.1 Å². The SMILES string of the molecule is CCCCCCCCCCCC(P)(CCCP(C)C)CCP(C)C. The van der Waals surface area contributed by atoms with Crippen LogP contribution in [0.15, 0.2) is 0 Å². The first-order valence-electron chi connectivity index (χ1n) is 10.5. The van der Waals surface area contributed by atoms with E-state index in [-0.39, 0.29) is 7.92 Å². The van der Waals surface area contributed by atoms with Gasteiger partial charge in [0.2, 0.25) is 0 Å². The van der Waals surface area contributed by atoms with E-state index in [1.165, 1.54) is 95.8 Å². The lowest BCUT2D eigenvalue weighted by molar-refractivity contribution is 0.451. The number of unbranched alkanes of at least 4 members (excludes halogenated alkanes) is 8. The van der Waals surface area contributed by atoms with Crippen molar-refractivity contribution in [3.63, 3.8) is 0 Å². The summed E-state index contributed by atoms with van der Waals surface area (Å²) in [6.45, 7) is 12.0. The Morgan fingerprint density at radius 3 is 1.54 bits per heavy atom. The van der Waals surface area contributed by atoms with Crippen molar-refractivity contribution in [1.29, 1.82) is 0 Å². The molecule has 0 saturated carbocycles. The van der Waals surface area contributed by atoms with Crippen LogP contribution in [0.4, 0.5) is 0 Å². The van der Waals surface area contributed by atoms with Crippen LogP contribution in [-0.2, 0) is 0 Å². The van der Waals surface area contributed by atoms with Crippen molar-refractivity contribution in [1.82, 2.24) is 0 Å². The normalized spacial score (nSPS) is 14.5. The zero-order valence-electron chi connectivity index (χ0n) is 17.6. The molecule has 0 amide bonds. The molecule has 0 N–H and O–H groups in total. The van der Waals surface area contributed by atoms with E-state index in [0.717, 1.165) is 0 Å². The van der Waals surface area contributed by atoms with Gasteiger partial charge in [0.05, 0.1) is 0 Å². The molecule has 0 aliphatic rings. The molecule has 0 aromatic heterocycles. The Hall–Kier alpha value is 1.29. The lowest BCUT2D eigenvalue weighted by atomic mass is 9.92. The van der Waals surface area contributed by atoms with Crippen LogP contribution in [-0.4, -0.2) is 44.1 Å². The fourth-order valence-electron chi connectivity index (χ4n) is 3.36. The molecule has 146 valence electrons. The van der Waals surface area contributed by atoms with Crippen molar-refractivity contribution in [3.8, 4) is 0 Å². The summed E-state index contributed by atoms with van der Waals surface area (Å²) in [4.78, 5) is 0. The van der Waals surface area contributed by atoms with Gasteiger partial charge >= 0.3 is 0 Å². The van der Waals surface area contributed by atoms with Crippen LogP contribution in [0.1, 0.15) is 90.4 Å². The fourth-order valence-corrected chi connectivity index (χ4v) is 5.83. The zero-order valence-corrected chi connectivity index (χ0v) is 20.5. The van der Waals surface area contributed by atoms with E-state index >= 15 is 0 Å². The maximum atomic E-state index is 3.31. The van der Waals surface area contributed by atoms with Crippen LogP contribution in [0, 0.1) is 0 Å². The van der Waals surface area contributed by atoms with Gasteiger partial charge in [0, 0.05) is 0 Å². The zero-order chi connectivity index (χ0) is 18.3. The lowest BCUT2D eigenvalue weighted by Crippen LogP contribution is -2.22. The van der Waals surface area contributed by atoms with Crippen LogP contribution in [0.25, 0.3) is 0 Å². The van der Waals surface area contributed by atoms with Gasteiger partial charge in [-0.25, -0.2) is 0 Å². The predicted octanol–water partition coefficient (Wildman–Crippen LogP) is 8.17. The first-order valence-corrected chi connectivity index (χ1v) is 15.9. The van der Waals surface area contributed by atoms with Gasteiger partial charge in [-0.1, -0.05) is 64.7 Å². The van der Waals surface area contributed by atoms with Crippen LogP contribution < -0.4 is 0 Å². The van der Waals surface area contributed by atoms with Crippen molar-refractivity contribution in [3.05, 3.63) is 0 Å².